The van der Waals surface area contributed by atoms with Crippen LogP contribution in [-0.2, 0) is 0 Å². The molecule has 232 valence electrons. The van der Waals surface area contributed by atoms with E-state index in [9.17, 15) is 0 Å². The molecule has 2 aromatic heterocycles. The van der Waals surface area contributed by atoms with Crippen molar-refractivity contribution in [1.82, 2.24) is 9.97 Å². The third kappa shape index (κ3) is 5.23. The number of nitrogens with one attached hydrogen (secondary N) is 2. The molecule has 1 aliphatic carbocycles. The highest BCUT2D eigenvalue weighted by atomic mass is 16.5. The molecule has 2 heterocycles. The fraction of sp³-hybridized carbons (Fsp3) is 0.143. The summed E-state index contributed by atoms with van der Waals surface area (Å²) < 4.78 is 24.2. The number of fused-ring (bicyclic) bond motifs is 6. The van der Waals surface area contributed by atoms with Crippen LogP contribution < -0.4 is 18.9 Å². The van der Waals surface area contributed by atoms with Crippen molar-refractivity contribution >= 4 is 21.8 Å². The summed E-state index contributed by atoms with van der Waals surface area (Å²) in [6, 6.07) is 28.0. The number of aromatic amines is 2. The summed E-state index contributed by atoms with van der Waals surface area (Å²) in [4.78, 5) is 7.61. The maximum Gasteiger partial charge on any atom is 0.148 e. The average molecular weight is 627 g/mol. The van der Waals surface area contributed by atoms with E-state index in [1.807, 2.05) is 60.7 Å². The van der Waals surface area contributed by atoms with E-state index in [0.29, 0.717) is 23.0 Å². The van der Waals surface area contributed by atoms with Crippen LogP contribution in [0.4, 0.5) is 0 Å². The first-order valence-corrected chi connectivity index (χ1v) is 15.4. The number of aromatic nitrogens is 2. The minimum Gasteiger partial charge on any atom is -0.481 e. The van der Waals surface area contributed by atoms with Gasteiger partial charge in [-0.2, -0.15) is 0 Å². The monoisotopic (exact) mass is 626 g/mol. The Labute approximate surface area is 279 Å². The Morgan fingerprint density at radius 2 is 0.896 bits per heavy atom. The van der Waals surface area contributed by atoms with E-state index in [2.05, 4.69) is 57.9 Å². The van der Waals surface area contributed by atoms with Crippen molar-refractivity contribution in [1.29, 1.82) is 0 Å². The highest BCUT2D eigenvalue weighted by Crippen LogP contribution is 2.55. The molecular formula is C42H30N2O4. The lowest BCUT2D eigenvalue weighted by Gasteiger charge is -2.32. The molecule has 2 N–H and O–H groups in total. The minimum atomic E-state index is -0.312. The summed E-state index contributed by atoms with van der Waals surface area (Å²) in [5.74, 6) is 12.2. The molecule has 48 heavy (non-hydrogen) atoms. The predicted molar refractivity (Wildman–Crippen MR) is 189 cm³/mol. The minimum absolute atomic E-state index is 0.105. The van der Waals surface area contributed by atoms with E-state index in [-0.39, 0.29) is 38.3 Å². The zero-order chi connectivity index (χ0) is 33.0. The first-order valence-electron chi connectivity index (χ1n) is 15.4. The molecule has 6 heteroatoms. The molecule has 4 aromatic carbocycles. The molecule has 0 amide bonds. The molecule has 0 saturated heterocycles. The Bertz CT molecular complexity index is 2170. The lowest BCUT2D eigenvalue weighted by atomic mass is 9.72. The van der Waals surface area contributed by atoms with Crippen molar-refractivity contribution < 1.29 is 18.9 Å². The Morgan fingerprint density at radius 3 is 1.31 bits per heavy atom. The van der Waals surface area contributed by atoms with Crippen LogP contribution in [0.3, 0.4) is 0 Å². The zero-order valence-electron chi connectivity index (χ0n) is 26.0. The Morgan fingerprint density at radius 1 is 0.500 bits per heavy atom. The maximum absolute atomic E-state index is 6.19. The van der Waals surface area contributed by atoms with Gasteiger partial charge in [0.2, 0.25) is 0 Å². The van der Waals surface area contributed by atoms with Crippen LogP contribution in [0.25, 0.3) is 21.8 Å². The number of ether oxygens (including phenoxy) is 4. The van der Waals surface area contributed by atoms with Gasteiger partial charge in [0.15, 0.2) is 0 Å². The fourth-order valence-corrected chi connectivity index (χ4v) is 6.79. The fourth-order valence-electron chi connectivity index (χ4n) is 6.79. The third-order valence-corrected chi connectivity index (χ3v) is 8.56. The van der Waals surface area contributed by atoms with Crippen molar-refractivity contribution in [3.63, 3.8) is 0 Å². The summed E-state index contributed by atoms with van der Waals surface area (Å²) >= 11 is 0. The number of terminal acetylenes is 4. The third-order valence-electron chi connectivity index (χ3n) is 8.56. The van der Waals surface area contributed by atoms with E-state index >= 15 is 0 Å². The van der Waals surface area contributed by atoms with Crippen LogP contribution in [0.1, 0.15) is 45.5 Å². The molecule has 0 fully saturated rings. The van der Waals surface area contributed by atoms with Crippen LogP contribution in [0, 0.1) is 49.4 Å². The maximum atomic E-state index is 6.19. The smallest absolute Gasteiger partial charge is 0.148 e. The van der Waals surface area contributed by atoms with Gasteiger partial charge in [-0.05, 0) is 59.7 Å². The van der Waals surface area contributed by atoms with Crippen LogP contribution in [-0.4, -0.2) is 36.4 Å². The second-order valence-electron chi connectivity index (χ2n) is 11.2. The van der Waals surface area contributed by atoms with Crippen molar-refractivity contribution in [3.8, 4) is 72.4 Å². The van der Waals surface area contributed by atoms with Gasteiger partial charge in [0, 0.05) is 44.3 Å². The van der Waals surface area contributed by atoms with Gasteiger partial charge in [0.05, 0.1) is 11.8 Å². The lowest BCUT2D eigenvalue weighted by molar-refractivity contribution is 0.354. The number of rotatable bonds is 10. The average Bonchev–Trinajstić information content (AvgIpc) is 3.70. The van der Waals surface area contributed by atoms with Crippen molar-refractivity contribution in [2.24, 2.45) is 0 Å². The number of para-hydroxylation sites is 2. The van der Waals surface area contributed by atoms with E-state index in [0.717, 1.165) is 55.4 Å². The molecule has 6 aromatic rings. The molecule has 0 bridgehead atoms. The number of hydrogen-bond donors (Lipinski definition) is 2. The summed E-state index contributed by atoms with van der Waals surface area (Å²) in [5, 5.41) is 2.13. The summed E-state index contributed by atoms with van der Waals surface area (Å²) in [5.41, 5.74) is 7.89. The van der Waals surface area contributed by atoms with Gasteiger partial charge >= 0.3 is 0 Å². The van der Waals surface area contributed by atoms with Crippen molar-refractivity contribution in [2.75, 3.05) is 26.4 Å². The molecule has 0 aliphatic heterocycles. The summed E-state index contributed by atoms with van der Waals surface area (Å²) in [6.07, 6.45) is 22.4. The second kappa shape index (κ2) is 13.0. The van der Waals surface area contributed by atoms with Crippen LogP contribution >= 0.6 is 0 Å². The summed E-state index contributed by atoms with van der Waals surface area (Å²) in [7, 11) is 0. The Balaban J connectivity index is 1.57. The van der Waals surface area contributed by atoms with Gasteiger partial charge in [0.1, 0.15) is 49.4 Å². The molecule has 7 rings (SSSR count). The zero-order valence-corrected chi connectivity index (χ0v) is 26.0. The van der Waals surface area contributed by atoms with E-state index in [1.165, 1.54) is 0 Å². The van der Waals surface area contributed by atoms with Gasteiger partial charge < -0.3 is 28.9 Å². The molecule has 6 nitrogen and oxygen atoms in total. The van der Waals surface area contributed by atoms with Crippen molar-refractivity contribution in [2.45, 2.75) is 11.8 Å². The first kappa shape index (κ1) is 30.1. The lowest BCUT2D eigenvalue weighted by Crippen LogP contribution is -2.20. The number of benzene rings is 4. The van der Waals surface area contributed by atoms with Gasteiger partial charge in [-0.1, -0.05) is 60.1 Å². The van der Waals surface area contributed by atoms with Gasteiger partial charge in [-0.15, -0.1) is 25.7 Å². The van der Waals surface area contributed by atoms with Crippen LogP contribution in [0.15, 0.2) is 84.9 Å². The molecule has 2 unspecified atom stereocenters. The molecular weight excluding hydrogens is 596 g/mol. The SMILES string of the molecule is C#CCOc1ccc(OCC#C)c(C2c3[nH]c4ccccc4c3C(c3cc(OCC#C)ccc3OCC#C)c3[nH]c4ccccc4c32)c1. The Kier molecular flexibility index (Phi) is 8.16. The Hall–Kier alpha value is -6.60. The topological polar surface area (TPSA) is 68.5 Å². The highest BCUT2D eigenvalue weighted by molar-refractivity contribution is 5.93. The predicted octanol–water partition coefficient (Wildman–Crippen LogP) is 7.37. The van der Waals surface area contributed by atoms with Gasteiger partial charge in [0.25, 0.3) is 0 Å². The second-order valence-corrected chi connectivity index (χ2v) is 11.2. The molecule has 0 radical (unpaired) electrons. The summed E-state index contributed by atoms with van der Waals surface area (Å²) in [6.45, 7) is 0.470. The van der Waals surface area contributed by atoms with E-state index < -0.39 is 0 Å². The standard InChI is InChI=1S/C42H30N2O4/c1-5-21-45-27-17-19-35(47-23-7-3)31(25-27)39-37-29-13-9-11-15-33(29)44-42(37)40(38-30-14-10-12-16-34(30)43-41(38)39)32-26-28(46-22-6-2)18-20-36(32)48-24-8-4/h1-4,9-20,25-26,39-40,43-44H,21-24H2. The van der Waals surface area contributed by atoms with Crippen LogP contribution in [0.5, 0.6) is 23.0 Å². The quantitative estimate of drug-likeness (QED) is 0.156. The van der Waals surface area contributed by atoms with E-state index in [1.54, 1.807) is 0 Å². The highest BCUT2D eigenvalue weighted by Gasteiger charge is 2.41. The molecule has 1 aliphatic rings. The number of hydrogen-bond acceptors (Lipinski definition) is 4. The van der Waals surface area contributed by atoms with Crippen LogP contribution in [0.2, 0.25) is 0 Å². The van der Waals surface area contributed by atoms with E-state index in [4.69, 9.17) is 44.6 Å². The molecule has 2 atom stereocenters. The normalized spacial score (nSPS) is 14.5. The van der Waals surface area contributed by atoms with Gasteiger partial charge in [-0.25, -0.2) is 0 Å². The van der Waals surface area contributed by atoms with Gasteiger partial charge in [-0.3, -0.25) is 0 Å². The van der Waals surface area contributed by atoms with Crippen molar-refractivity contribution in [3.05, 3.63) is 119 Å². The molecule has 0 spiro atoms. The first-order chi connectivity index (χ1) is 23.7. The largest absolute Gasteiger partial charge is 0.481 e. The molecule has 0 saturated carbocycles. The number of H-pyrrole nitrogens is 2.